The Morgan fingerprint density at radius 2 is 2.21 bits per heavy atom. The molecule has 4 nitrogen and oxygen atoms in total. The van der Waals surface area contributed by atoms with Crippen LogP contribution >= 0.6 is 0 Å². The van der Waals surface area contributed by atoms with Crippen molar-refractivity contribution in [2.45, 2.75) is 26.7 Å². The summed E-state index contributed by atoms with van der Waals surface area (Å²) in [7, 11) is 0. The second kappa shape index (κ2) is 3.26. The fourth-order valence-electron chi connectivity index (χ4n) is 2.94. The number of nitrogens with two attached hydrogens (primary N) is 1. The van der Waals surface area contributed by atoms with Crippen LogP contribution in [0.4, 0.5) is 4.79 Å². The molecule has 3 N–H and O–H groups in total. The number of hydrogen-bond donors (Lipinski definition) is 2. The third kappa shape index (κ3) is 1.38. The predicted octanol–water partition coefficient (Wildman–Crippen LogP) is 1.32. The van der Waals surface area contributed by atoms with Crippen LogP contribution in [0.1, 0.15) is 26.7 Å². The number of rotatable bonds is 1. The Labute approximate surface area is 83.9 Å². The summed E-state index contributed by atoms with van der Waals surface area (Å²) in [5, 5.41) is 4.08. The summed E-state index contributed by atoms with van der Waals surface area (Å²) >= 11 is 0. The van der Waals surface area contributed by atoms with E-state index in [4.69, 9.17) is 5.73 Å². The van der Waals surface area contributed by atoms with Crippen molar-refractivity contribution in [1.29, 1.82) is 0 Å². The van der Waals surface area contributed by atoms with E-state index in [1.54, 1.807) is 0 Å². The molecule has 4 heteroatoms. The molecule has 0 aromatic rings. The summed E-state index contributed by atoms with van der Waals surface area (Å²) in [5.74, 6) is 2.83. The number of fused-ring (bicyclic) bond motifs is 2. The Morgan fingerprint density at radius 1 is 1.50 bits per heavy atom. The van der Waals surface area contributed by atoms with Crippen molar-refractivity contribution in [1.82, 2.24) is 5.43 Å². The molecule has 0 saturated heterocycles. The van der Waals surface area contributed by atoms with Crippen LogP contribution in [0, 0.1) is 23.7 Å². The normalized spacial score (nSPS) is 43.1. The van der Waals surface area contributed by atoms with Crippen molar-refractivity contribution in [3.05, 3.63) is 0 Å². The smallest absolute Gasteiger partial charge is 0.332 e. The molecule has 14 heavy (non-hydrogen) atoms. The molecule has 0 spiro atoms. The minimum absolute atomic E-state index is 0.569. The van der Waals surface area contributed by atoms with Crippen LogP contribution in [0.2, 0.25) is 0 Å². The first-order valence-electron chi connectivity index (χ1n) is 5.21. The number of carbonyl (C=O) groups is 1. The molecule has 0 aromatic heterocycles. The number of carbonyl (C=O) groups excluding carboxylic acids is 1. The molecule has 2 saturated carbocycles. The molecule has 0 aliphatic heterocycles. The van der Waals surface area contributed by atoms with Crippen LogP contribution in [0.15, 0.2) is 5.10 Å². The lowest BCUT2D eigenvalue weighted by Gasteiger charge is -2.25. The van der Waals surface area contributed by atoms with Gasteiger partial charge >= 0.3 is 6.03 Å². The Morgan fingerprint density at radius 3 is 2.71 bits per heavy atom. The highest BCUT2D eigenvalue weighted by atomic mass is 16.2. The van der Waals surface area contributed by atoms with E-state index in [1.807, 2.05) is 0 Å². The Bertz CT molecular complexity index is 285. The molecule has 2 amide bonds. The lowest BCUT2D eigenvalue weighted by Crippen LogP contribution is -2.30. The zero-order valence-corrected chi connectivity index (χ0v) is 8.66. The molecular weight excluding hydrogens is 178 g/mol. The number of nitrogens with zero attached hydrogens (tertiary/aromatic N) is 1. The van der Waals surface area contributed by atoms with Crippen molar-refractivity contribution in [2.75, 3.05) is 0 Å². The average Bonchev–Trinajstić information content (AvgIpc) is 2.64. The van der Waals surface area contributed by atoms with Gasteiger partial charge in [-0.3, -0.25) is 0 Å². The van der Waals surface area contributed by atoms with E-state index in [0.717, 1.165) is 24.0 Å². The fourth-order valence-corrected chi connectivity index (χ4v) is 2.94. The maximum Gasteiger partial charge on any atom is 0.332 e. The summed E-state index contributed by atoms with van der Waals surface area (Å²) in [6.07, 6.45) is 2.28. The first-order chi connectivity index (χ1) is 6.59. The number of amides is 2. The number of nitrogens with one attached hydrogen (secondary N) is 1. The van der Waals surface area contributed by atoms with E-state index in [0.29, 0.717) is 11.8 Å². The van der Waals surface area contributed by atoms with Gasteiger partial charge in [0.1, 0.15) is 0 Å². The first kappa shape index (κ1) is 9.49. The van der Waals surface area contributed by atoms with Gasteiger partial charge in [-0.05, 0) is 30.6 Å². The van der Waals surface area contributed by atoms with Crippen molar-refractivity contribution < 1.29 is 4.79 Å². The van der Waals surface area contributed by atoms with Gasteiger partial charge in [0.2, 0.25) is 0 Å². The maximum atomic E-state index is 10.5. The Balaban J connectivity index is 2.06. The third-order valence-corrected chi connectivity index (χ3v) is 3.97. The fraction of sp³-hybridized carbons (Fsp3) is 0.800. The molecule has 2 aliphatic rings. The van der Waals surface area contributed by atoms with Crippen LogP contribution in [0.3, 0.4) is 0 Å². The van der Waals surface area contributed by atoms with Gasteiger partial charge in [0.25, 0.3) is 0 Å². The topological polar surface area (TPSA) is 67.5 Å². The van der Waals surface area contributed by atoms with E-state index in [-0.39, 0.29) is 0 Å². The highest BCUT2D eigenvalue weighted by molar-refractivity contribution is 5.91. The summed E-state index contributed by atoms with van der Waals surface area (Å²) < 4.78 is 0. The number of hydrazone groups is 1. The molecule has 2 fully saturated rings. The number of hydrogen-bond acceptors (Lipinski definition) is 2. The second-order valence-electron chi connectivity index (χ2n) is 4.60. The lowest BCUT2D eigenvalue weighted by atomic mass is 9.81. The predicted molar refractivity (Wildman–Crippen MR) is 54.7 cm³/mol. The van der Waals surface area contributed by atoms with Crippen molar-refractivity contribution in [2.24, 2.45) is 34.5 Å². The quantitative estimate of drug-likeness (QED) is 0.609. The van der Waals surface area contributed by atoms with Gasteiger partial charge in [0.15, 0.2) is 0 Å². The van der Waals surface area contributed by atoms with Crippen molar-refractivity contribution >= 4 is 11.7 Å². The lowest BCUT2D eigenvalue weighted by molar-refractivity contribution is 0.249. The minimum Gasteiger partial charge on any atom is -0.350 e. The maximum absolute atomic E-state index is 10.5. The van der Waals surface area contributed by atoms with Crippen molar-refractivity contribution in [3.8, 4) is 0 Å². The van der Waals surface area contributed by atoms with Gasteiger partial charge < -0.3 is 5.73 Å². The van der Waals surface area contributed by atoms with Crippen LogP contribution in [-0.2, 0) is 0 Å². The Kier molecular flexibility index (Phi) is 2.21. The van der Waals surface area contributed by atoms with Gasteiger partial charge in [-0.25, -0.2) is 10.2 Å². The van der Waals surface area contributed by atoms with E-state index in [2.05, 4.69) is 24.4 Å². The molecule has 2 rings (SSSR count). The average molecular weight is 195 g/mol. The molecule has 0 heterocycles. The number of urea groups is 1. The standard InChI is InChI=1S/C10H17N3O/c1-5-6(2)8-3-7(5)4-9(8)12-13-10(11)14/h5-8H,3-4H2,1-2H3,(H3,11,13,14)/b12-9+/t5-,6-,7-,8+/m0/s1. The van der Waals surface area contributed by atoms with Crippen LogP contribution in [-0.4, -0.2) is 11.7 Å². The van der Waals surface area contributed by atoms with Crippen LogP contribution in [0.5, 0.6) is 0 Å². The molecule has 4 atom stereocenters. The molecular formula is C10H17N3O. The SMILES string of the molecule is C[C@@H]1[C@@H]2C/C(=N\NC(N)=O)[C@H](C2)[C@H]1C. The zero-order valence-electron chi connectivity index (χ0n) is 8.66. The molecule has 2 aliphatic carbocycles. The third-order valence-electron chi connectivity index (χ3n) is 3.97. The zero-order chi connectivity index (χ0) is 10.3. The molecule has 0 aromatic carbocycles. The van der Waals surface area contributed by atoms with E-state index < -0.39 is 6.03 Å². The highest BCUT2D eigenvalue weighted by Crippen LogP contribution is 2.50. The number of primary amides is 1. The van der Waals surface area contributed by atoms with E-state index in [1.165, 1.54) is 6.42 Å². The summed E-state index contributed by atoms with van der Waals surface area (Å²) in [4.78, 5) is 10.5. The molecule has 0 unspecified atom stereocenters. The van der Waals surface area contributed by atoms with Gasteiger partial charge in [0.05, 0.1) is 0 Å². The molecule has 78 valence electrons. The second-order valence-corrected chi connectivity index (χ2v) is 4.60. The summed E-state index contributed by atoms with van der Waals surface area (Å²) in [6, 6.07) is -0.569. The largest absolute Gasteiger partial charge is 0.350 e. The van der Waals surface area contributed by atoms with Gasteiger partial charge in [-0.2, -0.15) is 5.10 Å². The molecule has 2 bridgehead atoms. The first-order valence-corrected chi connectivity index (χ1v) is 5.21. The van der Waals surface area contributed by atoms with Gasteiger partial charge in [0, 0.05) is 11.6 Å². The summed E-state index contributed by atoms with van der Waals surface area (Å²) in [5.41, 5.74) is 8.45. The van der Waals surface area contributed by atoms with E-state index in [9.17, 15) is 4.79 Å². The Hall–Kier alpha value is -1.06. The summed E-state index contributed by atoms with van der Waals surface area (Å²) in [6.45, 7) is 4.59. The van der Waals surface area contributed by atoms with Gasteiger partial charge in [-0.1, -0.05) is 13.8 Å². The van der Waals surface area contributed by atoms with Gasteiger partial charge in [-0.15, -0.1) is 0 Å². The monoisotopic (exact) mass is 195 g/mol. The van der Waals surface area contributed by atoms with Crippen LogP contribution < -0.4 is 11.2 Å². The van der Waals surface area contributed by atoms with Crippen LogP contribution in [0.25, 0.3) is 0 Å². The highest BCUT2D eigenvalue weighted by Gasteiger charge is 2.46. The van der Waals surface area contributed by atoms with E-state index >= 15 is 0 Å². The minimum atomic E-state index is -0.569. The van der Waals surface area contributed by atoms with Crippen molar-refractivity contribution in [3.63, 3.8) is 0 Å². The molecule has 0 radical (unpaired) electrons.